The maximum Gasteiger partial charge on any atom is 0.0375 e. The van der Waals surface area contributed by atoms with Gasteiger partial charge in [0.25, 0.3) is 0 Å². The van der Waals surface area contributed by atoms with Gasteiger partial charge < -0.3 is 5.32 Å². The molecule has 1 heterocycles. The summed E-state index contributed by atoms with van der Waals surface area (Å²) in [6.45, 7) is 5.67. The van der Waals surface area contributed by atoms with Gasteiger partial charge in [-0.1, -0.05) is 56.3 Å². The summed E-state index contributed by atoms with van der Waals surface area (Å²) < 4.78 is 0. The molecule has 21 heavy (non-hydrogen) atoms. The predicted molar refractivity (Wildman–Crippen MR) is 91.0 cm³/mol. The molecule has 1 N–H and O–H groups in total. The Labute approximate surface area is 128 Å². The lowest BCUT2D eigenvalue weighted by atomic mass is 9.85. The first kappa shape index (κ1) is 14.2. The fourth-order valence-corrected chi connectivity index (χ4v) is 3.40. The van der Waals surface area contributed by atoms with E-state index < -0.39 is 0 Å². The molecule has 0 fully saturated rings. The number of para-hydroxylation sites is 1. The van der Waals surface area contributed by atoms with E-state index in [9.17, 15) is 0 Å². The molecule has 2 aromatic rings. The van der Waals surface area contributed by atoms with Crippen molar-refractivity contribution < 1.29 is 0 Å². The largest absolute Gasteiger partial charge is 0.385 e. The second kappa shape index (κ2) is 6.34. The van der Waals surface area contributed by atoms with E-state index in [4.69, 9.17) is 0 Å². The van der Waals surface area contributed by atoms with Gasteiger partial charge in [0.2, 0.25) is 0 Å². The van der Waals surface area contributed by atoms with Crippen molar-refractivity contribution in [2.75, 3.05) is 11.9 Å². The maximum atomic E-state index is 3.52. The lowest BCUT2D eigenvalue weighted by Gasteiger charge is -2.27. The summed E-state index contributed by atoms with van der Waals surface area (Å²) in [6, 6.07) is 17.9. The second-order valence-electron chi connectivity index (χ2n) is 6.62. The molecule has 1 nitrogen and oxygen atoms in total. The predicted octanol–water partition coefficient (Wildman–Crippen LogP) is 5.03. The number of hydrogen-bond acceptors (Lipinski definition) is 1. The van der Waals surface area contributed by atoms with Gasteiger partial charge in [-0.25, -0.2) is 0 Å². The van der Waals surface area contributed by atoms with Crippen molar-refractivity contribution in [1.82, 2.24) is 0 Å². The standard InChI is InChI=1S/C20H25N/c1-15(2)12-16-6-5-7-17(13-16)14-18-10-11-21-20-9-4-3-8-19(18)20/h3-9,13,15,18,21H,10-12,14H2,1-2H3. The van der Waals surface area contributed by atoms with E-state index in [1.165, 1.54) is 35.2 Å². The molecule has 0 aromatic heterocycles. The van der Waals surface area contributed by atoms with Crippen molar-refractivity contribution >= 4 is 5.69 Å². The summed E-state index contributed by atoms with van der Waals surface area (Å²) in [6.07, 6.45) is 3.56. The maximum absolute atomic E-state index is 3.52. The number of fused-ring (bicyclic) bond motifs is 1. The molecule has 110 valence electrons. The van der Waals surface area contributed by atoms with E-state index >= 15 is 0 Å². The van der Waals surface area contributed by atoms with Crippen LogP contribution in [0.4, 0.5) is 5.69 Å². The third-order valence-electron chi connectivity index (χ3n) is 4.33. The van der Waals surface area contributed by atoms with Gasteiger partial charge in [-0.05, 0) is 53.9 Å². The molecular formula is C20H25N. The summed E-state index contributed by atoms with van der Waals surface area (Å²) in [5.74, 6) is 1.37. The zero-order valence-corrected chi connectivity index (χ0v) is 13.1. The Balaban J connectivity index is 1.78. The SMILES string of the molecule is CC(C)Cc1cccc(CC2CCNc3ccccc32)c1. The minimum Gasteiger partial charge on any atom is -0.385 e. The van der Waals surface area contributed by atoms with Gasteiger partial charge in [-0.15, -0.1) is 0 Å². The van der Waals surface area contributed by atoms with Gasteiger partial charge in [0.05, 0.1) is 0 Å². The summed E-state index contributed by atoms with van der Waals surface area (Å²) in [7, 11) is 0. The van der Waals surface area contributed by atoms with Gasteiger partial charge >= 0.3 is 0 Å². The van der Waals surface area contributed by atoms with Gasteiger partial charge in [-0.3, -0.25) is 0 Å². The lowest BCUT2D eigenvalue weighted by molar-refractivity contribution is 0.620. The summed E-state index contributed by atoms with van der Waals surface area (Å²) in [5.41, 5.74) is 5.77. The highest BCUT2D eigenvalue weighted by atomic mass is 14.9. The third kappa shape index (κ3) is 3.47. The average molecular weight is 279 g/mol. The zero-order chi connectivity index (χ0) is 14.7. The quantitative estimate of drug-likeness (QED) is 0.828. The van der Waals surface area contributed by atoms with Crippen molar-refractivity contribution in [3.8, 4) is 0 Å². The van der Waals surface area contributed by atoms with Crippen molar-refractivity contribution in [1.29, 1.82) is 0 Å². The van der Waals surface area contributed by atoms with E-state index in [1.54, 1.807) is 0 Å². The van der Waals surface area contributed by atoms with Crippen LogP contribution in [-0.2, 0) is 12.8 Å². The Bertz CT molecular complexity index is 600. The molecule has 0 spiro atoms. The molecule has 2 aromatic carbocycles. The highest BCUT2D eigenvalue weighted by Crippen LogP contribution is 2.33. The van der Waals surface area contributed by atoms with E-state index in [0.717, 1.165) is 18.9 Å². The molecule has 0 radical (unpaired) electrons. The lowest BCUT2D eigenvalue weighted by Crippen LogP contribution is -2.18. The Morgan fingerprint density at radius 3 is 2.71 bits per heavy atom. The van der Waals surface area contributed by atoms with Crippen molar-refractivity contribution in [3.05, 3.63) is 65.2 Å². The molecule has 1 unspecified atom stereocenters. The van der Waals surface area contributed by atoms with Crippen molar-refractivity contribution in [2.24, 2.45) is 5.92 Å². The third-order valence-corrected chi connectivity index (χ3v) is 4.33. The molecule has 1 aliphatic heterocycles. The fraction of sp³-hybridized carbons (Fsp3) is 0.400. The Hall–Kier alpha value is -1.76. The topological polar surface area (TPSA) is 12.0 Å². The van der Waals surface area contributed by atoms with Crippen molar-refractivity contribution in [2.45, 2.75) is 39.0 Å². The number of benzene rings is 2. The Morgan fingerprint density at radius 1 is 1.05 bits per heavy atom. The average Bonchev–Trinajstić information content (AvgIpc) is 2.47. The van der Waals surface area contributed by atoms with E-state index in [0.29, 0.717) is 5.92 Å². The van der Waals surface area contributed by atoms with Crippen LogP contribution < -0.4 is 5.32 Å². The van der Waals surface area contributed by atoms with Crippen LogP contribution in [0.25, 0.3) is 0 Å². The second-order valence-corrected chi connectivity index (χ2v) is 6.62. The van der Waals surface area contributed by atoms with Gasteiger partial charge in [0.1, 0.15) is 0 Å². The number of nitrogens with one attached hydrogen (secondary N) is 1. The van der Waals surface area contributed by atoms with Gasteiger partial charge in [0.15, 0.2) is 0 Å². The molecule has 0 aliphatic carbocycles. The Kier molecular flexibility index (Phi) is 4.28. The highest BCUT2D eigenvalue weighted by Gasteiger charge is 2.19. The first-order valence-electron chi connectivity index (χ1n) is 8.13. The normalized spacial score (nSPS) is 17.4. The van der Waals surface area contributed by atoms with Gasteiger partial charge in [0, 0.05) is 12.2 Å². The van der Waals surface area contributed by atoms with Crippen LogP contribution in [0.5, 0.6) is 0 Å². The highest BCUT2D eigenvalue weighted by molar-refractivity contribution is 5.55. The fourth-order valence-electron chi connectivity index (χ4n) is 3.40. The number of rotatable bonds is 4. The van der Waals surface area contributed by atoms with Crippen LogP contribution in [0.3, 0.4) is 0 Å². The first-order valence-corrected chi connectivity index (χ1v) is 8.13. The van der Waals surface area contributed by atoms with Crippen LogP contribution in [0.1, 0.15) is 42.9 Å². The van der Waals surface area contributed by atoms with E-state index in [1.807, 2.05) is 0 Å². The molecule has 1 atom stereocenters. The smallest absolute Gasteiger partial charge is 0.0375 e. The molecule has 1 heteroatoms. The van der Waals surface area contributed by atoms with Crippen LogP contribution in [0.2, 0.25) is 0 Å². The first-order chi connectivity index (χ1) is 10.2. The molecular weight excluding hydrogens is 254 g/mol. The molecule has 0 saturated heterocycles. The van der Waals surface area contributed by atoms with Crippen LogP contribution >= 0.6 is 0 Å². The minimum atomic E-state index is 0.650. The molecule has 3 rings (SSSR count). The van der Waals surface area contributed by atoms with Crippen molar-refractivity contribution in [3.63, 3.8) is 0 Å². The van der Waals surface area contributed by atoms with Crippen LogP contribution in [0, 0.1) is 5.92 Å². The number of anilines is 1. The number of hydrogen-bond donors (Lipinski definition) is 1. The monoisotopic (exact) mass is 279 g/mol. The van der Waals surface area contributed by atoms with Gasteiger partial charge in [-0.2, -0.15) is 0 Å². The minimum absolute atomic E-state index is 0.650. The van der Waals surface area contributed by atoms with Crippen LogP contribution in [0.15, 0.2) is 48.5 Å². The Morgan fingerprint density at radius 2 is 1.86 bits per heavy atom. The van der Waals surface area contributed by atoms with E-state index in [2.05, 4.69) is 67.7 Å². The molecule has 0 bridgehead atoms. The summed E-state index contributed by atoms with van der Waals surface area (Å²) in [5, 5.41) is 3.52. The molecule has 0 saturated carbocycles. The van der Waals surface area contributed by atoms with E-state index in [-0.39, 0.29) is 0 Å². The molecule has 0 amide bonds. The summed E-state index contributed by atoms with van der Waals surface area (Å²) >= 11 is 0. The summed E-state index contributed by atoms with van der Waals surface area (Å²) in [4.78, 5) is 0. The van der Waals surface area contributed by atoms with Crippen LogP contribution in [-0.4, -0.2) is 6.54 Å². The zero-order valence-electron chi connectivity index (χ0n) is 13.1. The molecule has 1 aliphatic rings.